The molecule has 1 aliphatic heterocycles. The minimum absolute atomic E-state index is 0. The molecule has 0 atom stereocenters. The maximum absolute atomic E-state index is 12.9. The van der Waals surface area contributed by atoms with E-state index in [4.69, 9.17) is 4.74 Å². The Hall–Kier alpha value is -0.530. The Kier molecular flexibility index (Phi) is 8.10. The summed E-state index contributed by atoms with van der Waals surface area (Å²) in [5, 5.41) is 6.36. The Labute approximate surface area is 162 Å². The maximum atomic E-state index is 12.9. The van der Waals surface area contributed by atoms with Gasteiger partial charge in [-0.05, 0) is 31.6 Å². The number of carbonyl (C=O) groups is 1. The Morgan fingerprint density at radius 3 is 2.54 bits per heavy atom. The van der Waals surface area contributed by atoms with Gasteiger partial charge in [0.2, 0.25) is 0 Å². The van der Waals surface area contributed by atoms with Crippen molar-refractivity contribution in [1.29, 1.82) is 0 Å². The molecule has 0 amide bonds. The normalized spacial score (nSPS) is 23.6. The molecule has 0 aromatic heterocycles. The first-order valence-corrected chi connectivity index (χ1v) is 9.51. The van der Waals surface area contributed by atoms with E-state index in [1.54, 1.807) is 0 Å². The average molecular weight is 449 g/mol. The molecular formula is C18H32IN3O2. The van der Waals surface area contributed by atoms with E-state index in [-0.39, 0.29) is 35.4 Å². The summed E-state index contributed by atoms with van der Waals surface area (Å²) >= 11 is 0. The van der Waals surface area contributed by atoms with E-state index in [9.17, 15) is 4.79 Å². The molecule has 2 N–H and O–H groups in total. The summed E-state index contributed by atoms with van der Waals surface area (Å²) in [4.78, 5) is 17.2. The van der Waals surface area contributed by atoms with Crippen molar-refractivity contribution in [2.75, 3.05) is 26.2 Å². The van der Waals surface area contributed by atoms with Gasteiger partial charge in [0.25, 0.3) is 0 Å². The van der Waals surface area contributed by atoms with Crippen molar-refractivity contribution in [3.05, 3.63) is 0 Å². The summed E-state index contributed by atoms with van der Waals surface area (Å²) in [5.41, 5.74) is -0.179. The highest BCUT2D eigenvalue weighted by Gasteiger charge is 2.47. The molecule has 138 valence electrons. The maximum Gasteiger partial charge on any atom is 0.312 e. The van der Waals surface area contributed by atoms with E-state index in [0.29, 0.717) is 19.1 Å². The zero-order valence-electron chi connectivity index (χ0n) is 14.6. The third kappa shape index (κ3) is 4.76. The van der Waals surface area contributed by atoms with Gasteiger partial charge >= 0.3 is 5.97 Å². The molecule has 0 spiro atoms. The van der Waals surface area contributed by atoms with Gasteiger partial charge in [0.05, 0.1) is 18.5 Å². The van der Waals surface area contributed by atoms with Crippen LogP contribution < -0.4 is 10.6 Å². The minimum atomic E-state index is -0.179. The van der Waals surface area contributed by atoms with E-state index in [0.717, 1.165) is 31.9 Å². The minimum Gasteiger partial charge on any atom is -0.463 e. The summed E-state index contributed by atoms with van der Waals surface area (Å²) in [7, 11) is 0. The lowest BCUT2D eigenvalue weighted by molar-refractivity contribution is -0.163. The number of aliphatic imine (C=N–C) groups is 1. The first-order valence-electron chi connectivity index (χ1n) is 9.51. The molecule has 3 rings (SSSR count). The molecule has 2 aliphatic carbocycles. The van der Waals surface area contributed by atoms with Gasteiger partial charge in [-0.1, -0.05) is 38.5 Å². The number of halogens is 1. The third-order valence-electron chi connectivity index (χ3n) is 5.84. The second kappa shape index (κ2) is 9.82. The number of esters is 1. The molecule has 1 heterocycles. The summed E-state index contributed by atoms with van der Waals surface area (Å²) in [6.45, 7) is 2.80. The van der Waals surface area contributed by atoms with E-state index in [1.807, 2.05) is 0 Å². The number of carbonyl (C=O) groups excluding carboxylic acids is 1. The largest absolute Gasteiger partial charge is 0.463 e. The molecule has 0 unspecified atom stereocenters. The van der Waals surface area contributed by atoms with Crippen molar-refractivity contribution in [2.24, 2.45) is 16.3 Å². The molecule has 2 fully saturated rings. The van der Waals surface area contributed by atoms with E-state index < -0.39 is 0 Å². The van der Waals surface area contributed by atoms with E-state index in [1.165, 1.54) is 51.4 Å². The summed E-state index contributed by atoms with van der Waals surface area (Å²) in [5.74, 6) is 1.46. The van der Waals surface area contributed by atoms with Gasteiger partial charge in [-0.3, -0.25) is 9.79 Å². The van der Waals surface area contributed by atoms with Crippen LogP contribution in [0, 0.1) is 11.3 Å². The van der Waals surface area contributed by atoms with Crippen LogP contribution in [0.15, 0.2) is 4.99 Å². The number of rotatable bonds is 5. The summed E-state index contributed by atoms with van der Waals surface area (Å²) < 4.78 is 5.71. The molecule has 3 aliphatic rings. The molecule has 0 aromatic rings. The Morgan fingerprint density at radius 2 is 1.88 bits per heavy atom. The molecule has 0 saturated heterocycles. The highest BCUT2D eigenvalue weighted by molar-refractivity contribution is 14.0. The molecule has 6 heteroatoms. The van der Waals surface area contributed by atoms with Gasteiger partial charge < -0.3 is 15.4 Å². The van der Waals surface area contributed by atoms with Crippen molar-refractivity contribution < 1.29 is 9.53 Å². The molecule has 2 saturated carbocycles. The van der Waals surface area contributed by atoms with Crippen LogP contribution in [0.3, 0.4) is 0 Å². The predicted molar refractivity (Wildman–Crippen MR) is 107 cm³/mol. The van der Waals surface area contributed by atoms with Gasteiger partial charge in [0, 0.05) is 6.54 Å². The van der Waals surface area contributed by atoms with Crippen molar-refractivity contribution in [1.82, 2.24) is 10.6 Å². The fourth-order valence-electron chi connectivity index (χ4n) is 4.59. The fraction of sp³-hybridized carbons (Fsp3) is 0.889. The van der Waals surface area contributed by atoms with Crippen LogP contribution in [-0.2, 0) is 9.53 Å². The highest BCUT2D eigenvalue weighted by Crippen LogP contribution is 2.49. The Morgan fingerprint density at radius 1 is 1.17 bits per heavy atom. The lowest BCUT2D eigenvalue weighted by Crippen LogP contribution is -2.43. The van der Waals surface area contributed by atoms with Crippen molar-refractivity contribution >= 4 is 35.9 Å². The zero-order chi connectivity index (χ0) is 16.0. The number of hydrogen-bond donors (Lipinski definition) is 2. The molecule has 5 nitrogen and oxygen atoms in total. The number of guanidine groups is 1. The summed E-state index contributed by atoms with van der Waals surface area (Å²) in [6, 6.07) is 0. The third-order valence-corrected chi connectivity index (χ3v) is 5.84. The van der Waals surface area contributed by atoms with Gasteiger partial charge in [-0.25, -0.2) is 0 Å². The molecule has 0 bridgehead atoms. The van der Waals surface area contributed by atoms with Crippen LogP contribution in [0.5, 0.6) is 0 Å². The van der Waals surface area contributed by atoms with Crippen LogP contribution in [0.25, 0.3) is 0 Å². The zero-order valence-corrected chi connectivity index (χ0v) is 17.0. The number of ether oxygens (including phenoxy) is 1. The van der Waals surface area contributed by atoms with Gasteiger partial charge in [0.1, 0.15) is 6.61 Å². The Bertz CT molecular complexity index is 430. The van der Waals surface area contributed by atoms with Gasteiger partial charge in [-0.2, -0.15) is 0 Å². The van der Waals surface area contributed by atoms with E-state index in [2.05, 4.69) is 15.6 Å². The number of hydrogen-bond acceptors (Lipinski definition) is 5. The van der Waals surface area contributed by atoms with Crippen molar-refractivity contribution in [3.63, 3.8) is 0 Å². The van der Waals surface area contributed by atoms with Gasteiger partial charge in [0.15, 0.2) is 5.96 Å². The molecular weight excluding hydrogens is 417 g/mol. The quantitative estimate of drug-likeness (QED) is 0.385. The second-order valence-corrected chi connectivity index (χ2v) is 7.27. The lowest BCUT2D eigenvalue weighted by Gasteiger charge is -2.43. The fourth-order valence-corrected chi connectivity index (χ4v) is 4.59. The van der Waals surface area contributed by atoms with Crippen LogP contribution in [0.1, 0.15) is 64.2 Å². The monoisotopic (exact) mass is 449 g/mol. The first kappa shape index (κ1) is 19.8. The average Bonchev–Trinajstić information content (AvgIpc) is 3.13. The topological polar surface area (TPSA) is 62.7 Å². The molecule has 24 heavy (non-hydrogen) atoms. The highest BCUT2D eigenvalue weighted by atomic mass is 127. The lowest BCUT2D eigenvalue weighted by atomic mass is 9.62. The van der Waals surface area contributed by atoms with Crippen LogP contribution >= 0.6 is 24.0 Å². The van der Waals surface area contributed by atoms with Gasteiger partial charge in [-0.15, -0.1) is 24.0 Å². The Balaban J connectivity index is 0.00000208. The number of nitrogens with zero attached hydrogens (tertiary/aromatic N) is 1. The predicted octanol–water partition coefficient (Wildman–Crippen LogP) is 3.23. The molecule has 0 radical (unpaired) electrons. The van der Waals surface area contributed by atoms with Crippen LogP contribution in [0.2, 0.25) is 0 Å². The summed E-state index contributed by atoms with van der Waals surface area (Å²) in [6.07, 6.45) is 12.1. The second-order valence-electron chi connectivity index (χ2n) is 7.27. The van der Waals surface area contributed by atoms with E-state index >= 15 is 0 Å². The van der Waals surface area contributed by atoms with Crippen molar-refractivity contribution in [3.8, 4) is 0 Å². The standard InChI is InChI=1S/C18H31N3O2.HI/c22-16(23-14-13-21-17-19-11-12-20-17)18(9-5-2-6-10-18)15-7-3-1-4-8-15;/h15H,1-14H2,(H2,19,20,21);1H. The number of nitrogens with one attached hydrogen (secondary N) is 2. The SMILES string of the molecule is I.O=C(OCCNC1=NCCN1)C1(C2CCCCC2)CCCCC1. The van der Waals surface area contributed by atoms with Crippen LogP contribution in [0.4, 0.5) is 0 Å². The van der Waals surface area contributed by atoms with Crippen LogP contribution in [-0.4, -0.2) is 38.2 Å². The first-order chi connectivity index (χ1) is 11.3. The smallest absolute Gasteiger partial charge is 0.312 e. The molecule has 0 aromatic carbocycles. The van der Waals surface area contributed by atoms with Crippen molar-refractivity contribution in [2.45, 2.75) is 64.2 Å².